The lowest BCUT2D eigenvalue weighted by atomic mass is 10.0. The first-order chi connectivity index (χ1) is 14.0. The molecular weight excluding hydrogens is 370 g/mol. The number of amides is 1. The van der Waals surface area contributed by atoms with Crippen molar-refractivity contribution >= 4 is 16.9 Å². The molecule has 0 fully saturated rings. The number of aromatic nitrogens is 2. The summed E-state index contributed by atoms with van der Waals surface area (Å²) in [5, 5.41) is 3.39. The zero-order valence-electron chi connectivity index (χ0n) is 16.7. The maximum absolute atomic E-state index is 12.9. The molecule has 1 aliphatic heterocycles. The third kappa shape index (κ3) is 3.44. The number of nitrogens with one attached hydrogen (secondary N) is 1. The second-order valence-electron chi connectivity index (χ2n) is 7.12. The summed E-state index contributed by atoms with van der Waals surface area (Å²) in [7, 11) is 1.60. The smallest absolute Gasteiger partial charge is 0.257 e. The molecule has 1 N–H and O–H groups in total. The number of hydrogen-bond acceptors (Lipinski definition) is 5. The van der Waals surface area contributed by atoms with Gasteiger partial charge in [0.15, 0.2) is 11.5 Å². The van der Waals surface area contributed by atoms with Crippen molar-refractivity contribution in [1.82, 2.24) is 14.9 Å². The third-order valence-corrected chi connectivity index (χ3v) is 5.16. The average molecular weight is 393 g/mol. The summed E-state index contributed by atoms with van der Waals surface area (Å²) in [6, 6.07) is 8.96. The highest BCUT2D eigenvalue weighted by molar-refractivity contribution is 5.97. The lowest BCUT2D eigenvalue weighted by Gasteiger charge is -2.27. The van der Waals surface area contributed by atoms with Crippen LogP contribution in [0.4, 0.5) is 0 Å². The molecule has 0 saturated heterocycles. The van der Waals surface area contributed by atoms with Crippen LogP contribution in [0.15, 0.2) is 41.3 Å². The fourth-order valence-electron chi connectivity index (χ4n) is 3.67. The Morgan fingerprint density at radius 2 is 2.17 bits per heavy atom. The Bertz CT molecular complexity index is 1150. The minimum atomic E-state index is -0.403. The van der Waals surface area contributed by atoms with Crippen LogP contribution in [0.5, 0.6) is 11.5 Å². The first-order valence-corrected chi connectivity index (χ1v) is 9.62. The number of pyridine rings is 2. The van der Waals surface area contributed by atoms with Gasteiger partial charge in [0.25, 0.3) is 5.91 Å². The maximum Gasteiger partial charge on any atom is 0.257 e. The van der Waals surface area contributed by atoms with Crippen molar-refractivity contribution in [3.63, 3.8) is 0 Å². The summed E-state index contributed by atoms with van der Waals surface area (Å²) >= 11 is 0. The first kappa shape index (κ1) is 19.0. The van der Waals surface area contributed by atoms with E-state index in [4.69, 9.17) is 9.47 Å². The van der Waals surface area contributed by atoms with Crippen molar-refractivity contribution in [2.45, 2.75) is 32.9 Å². The number of ether oxygens (including phenoxy) is 2. The highest BCUT2D eigenvalue weighted by atomic mass is 16.5. The summed E-state index contributed by atoms with van der Waals surface area (Å²) in [5.74, 6) is 0.982. The van der Waals surface area contributed by atoms with Gasteiger partial charge in [0.05, 0.1) is 18.5 Å². The molecular formula is C22H23N3O4. The van der Waals surface area contributed by atoms with E-state index in [-0.39, 0.29) is 17.0 Å². The van der Waals surface area contributed by atoms with E-state index < -0.39 is 5.91 Å². The molecule has 3 heterocycles. The zero-order valence-corrected chi connectivity index (χ0v) is 16.7. The zero-order chi connectivity index (χ0) is 20.5. The lowest BCUT2D eigenvalue weighted by Crippen LogP contribution is -2.44. The SMILES string of the molecule is CCn1cc(C(=O)NC2COc3c(cccc3OC)C2)c(=O)c2ccc(C)nc21. The molecule has 1 aromatic carbocycles. The van der Waals surface area contributed by atoms with Gasteiger partial charge in [-0.25, -0.2) is 4.98 Å². The lowest BCUT2D eigenvalue weighted by molar-refractivity contribution is 0.0913. The van der Waals surface area contributed by atoms with E-state index in [0.717, 1.165) is 11.3 Å². The summed E-state index contributed by atoms with van der Waals surface area (Å²) in [6.45, 7) is 4.75. The molecule has 1 amide bonds. The minimum absolute atomic E-state index is 0.112. The molecule has 0 bridgehead atoms. The summed E-state index contributed by atoms with van der Waals surface area (Å²) in [6.07, 6.45) is 2.20. The maximum atomic E-state index is 12.9. The van der Waals surface area contributed by atoms with Gasteiger partial charge in [-0.3, -0.25) is 9.59 Å². The van der Waals surface area contributed by atoms with Crippen molar-refractivity contribution in [3.8, 4) is 11.5 Å². The Balaban J connectivity index is 1.62. The van der Waals surface area contributed by atoms with Gasteiger partial charge in [-0.05, 0) is 38.5 Å². The number of rotatable bonds is 4. The molecule has 2 aromatic heterocycles. The average Bonchev–Trinajstić information content (AvgIpc) is 2.73. The van der Waals surface area contributed by atoms with Crippen LogP contribution in [-0.2, 0) is 13.0 Å². The number of para-hydroxylation sites is 1. The normalized spacial score (nSPS) is 15.5. The van der Waals surface area contributed by atoms with Gasteiger partial charge in [0.2, 0.25) is 5.43 Å². The number of benzene rings is 1. The van der Waals surface area contributed by atoms with Crippen LogP contribution in [0.2, 0.25) is 0 Å². The topological polar surface area (TPSA) is 82.5 Å². The van der Waals surface area contributed by atoms with Gasteiger partial charge in [-0.2, -0.15) is 0 Å². The Labute approximate surface area is 168 Å². The summed E-state index contributed by atoms with van der Waals surface area (Å²) in [4.78, 5) is 30.3. The van der Waals surface area contributed by atoms with Crippen LogP contribution in [0, 0.1) is 6.92 Å². The number of carbonyl (C=O) groups is 1. The van der Waals surface area contributed by atoms with E-state index in [1.54, 1.807) is 25.4 Å². The van der Waals surface area contributed by atoms with Gasteiger partial charge in [0, 0.05) is 24.0 Å². The van der Waals surface area contributed by atoms with E-state index in [1.165, 1.54) is 0 Å². The van der Waals surface area contributed by atoms with Crippen molar-refractivity contribution in [3.05, 3.63) is 63.6 Å². The fourth-order valence-corrected chi connectivity index (χ4v) is 3.67. The van der Waals surface area contributed by atoms with Crippen LogP contribution in [0.3, 0.4) is 0 Å². The molecule has 7 nitrogen and oxygen atoms in total. The van der Waals surface area contributed by atoms with Gasteiger partial charge in [-0.15, -0.1) is 0 Å². The molecule has 0 radical (unpaired) electrons. The number of methoxy groups -OCH3 is 1. The Kier molecular flexibility index (Phi) is 4.96. The molecule has 3 aromatic rings. The third-order valence-electron chi connectivity index (χ3n) is 5.16. The standard InChI is InChI=1S/C22H23N3O4/c1-4-25-11-17(19(26)16-9-8-13(2)23-21(16)25)22(27)24-15-10-14-6-5-7-18(28-3)20(14)29-12-15/h5-9,11,15H,4,10,12H2,1-3H3,(H,24,27). The number of carbonyl (C=O) groups excluding carboxylic acids is 1. The molecule has 1 aliphatic rings. The van der Waals surface area contributed by atoms with Crippen LogP contribution in [0.25, 0.3) is 11.0 Å². The first-order valence-electron chi connectivity index (χ1n) is 9.62. The predicted molar refractivity (Wildman–Crippen MR) is 110 cm³/mol. The Morgan fingerprint density at radius 1 is 1.34 bits per heavy atom. The van der Waals surface area contributed by atoms with Crippen molar-refractivity contribution in [2.75, 3.05) is 13.7 Å². The Hall–Kier alpha value is -3.35. The van der Waals surface area contributed by atoms with Gasteiger partial charge >= 0.3 is 0 Å². The van der Waals surface area contributed by atoms with Gasteiger partial charge in [-0.1, -0.05) is 12.1 Å². The molecule has 0 saturated carbocycles. The van der Waals surface area contributed by atoms with E-state index >= 15 is 0 Å². The van der Waals surface area contributed by atoms with Crippen LogP contribution in [-0.4, -0.2) is 35.2 Å². The largest absolute Gasteiger partial charge is 0.493 e. The van der Waals surface area contributed by atoms with E-state index in [0.29, 0.717) is 42.1 Å². The second-order valence-corrected chi connectivity index (χ2v) is 7.12. The van der Waals surface area contributed by atoms with Crippen LogP contribution < -0.4 is 20.2 Å². The van der Waals surface area contributed by atoms with Gasteiger partial charge in [0.1, 0.15) is 17.8 Å². The second kappa shape index (κ2) is 7.58. The molecule has 0 aliphatic carbocycles. The van der Waals surface area contributed by atoms with E-state index in [1.807, 2.05) is 36.6 Å². The number of nitrogens with zero attached hydrogens (tertiary/aromatic N) is 2. The van der Waals surface area contributed by atoms with Crippen molar-refractivity contribution in [2.24, 2.45) is 0 Å². The summed E-state index contributed by atoms with van der Waals surface area (Å²) < 4.78 is 13.0. The monoisotopic (exact) mass is 393 g/mol. The number of fused-ring (bicyclic) bond motifs is 2. The number of aryl methyl sites for hydroxylation is 2. The molecule has 29 heavy (non-hydrogen) atoms. The fraction of sp³-hybridized carbons (Fsp3) is 0.318. The molecule has 1 unspecified atom stereocenters. The van der Waals surface area contributed by atoms with Crippen molar-refractivity contribution < 1.29 is 14.3 Å². The molecule has 7 heteroatoms. The predicted octanol–water partition coefficient (Wildman–Crippen LogP) is 2.47. The van der Waals surface area contributed by atoms with Crippen LogP contribution in [0.1, 0.15) is 28.5 Å². The molecule has 0 spiro atoms. The van der Waals surface area contributed by atoms with Gasteiger partial charge < -0.3 is 19.4 Å². The molecule has 150 valence electrons. The minimum Gasteiger partial charge on any atom is -0.493 e. The highest BCUT2D eigenvalue weighted by Gasteiger charge is 2.25. The van der Waals surface area contributed by atoms with E-state index in [2.05, 4.69) is 10.3 Å². The molecule has 1 atom stereocenters. The quantitative estimate of drug-likeness (QED) is 0.736. The van der Waals surface area contributed by atoms with E-state index in [9.17, 15) is 9.59 Å². The summed E-state index contributed by atoms with van der Waals surface area (Å²) in [5.41, 5.74) is 2.18. The number of hydrogen-bond donors (Lipinski definition) is 1. The Morgan fingerprint density at radius 3 is 2.93 bits per heavy atom. The van der Waals surface area contributed by atoms with Crippen LogP contribution >= 0.6 is 0 Å². The highest BCUT2D eigenvalue weighted by Crippen LogP contribution is 2.34. The van der Waals surface area contributed by atoms with Crippen molar-refractivity contribution in [1.29, 1.82) is 0 Å². The molecule has 4 rings (SSSR count).